The van der Waals surface area contributed by atoms with E-state index in [4.69, 9.17) is 5.11 Å². The number of halogens is 1. The summed E-state index contributed by atoms with van der Waals surface area (Å²) in [5.41, 5.74) is 0.264. The predicted molar refractivity (Wildman–Crippen MR) is 56.0 cm³/mol. The van der Waals surface area contributed by atoms with Crippen molar-refractivity contribution in [3.05, 3.63) is 39.5 Å². The van der Waals surface area contributed by atoms with Crippen molar-refractivity contribution in [3.8, 4) is 0 Å². The van der Waals surface area contributed by atoms with E-state index in [0.717, 1.165) is 3.32 Å². The van der Waals surface area contributed by atoms with Crippen molar-refractivity contribution in [2.45, 2.75) is 0 Å². The van der Waals surface area contributed by atoms with Gasteiger partial charge in [-0.2, -0.15) is 0 Å². The number of hydrogen-bond acceptors (Lipinski definition) is 2. The number of carboxylic acid groups (broad SMARTS) is 1. The maximum atomic E-state index is 12.7. The van der Waals surface area contributed by atoms with E-state index in [0.29, 0.717) is 0 Å². The Hall–Kier alpha value is -1.10. The second-order valence-electron chi connectivity index (χ2n) is 3.20. The van der Waals surface area contributed by atoms with E-state index < -0.39 is 27.7 Å². The molecular weight excluding hydrogens is 300 g/mol. The van der Waals surface area contributed by atoms with Crippen LogP contribution in [0.3, 0.4) is 0 Å². The van der Waals surface area contributed by atoms with Gasteiger partial charge >= 0.3 is 94.0 Å². The van der Waals surface area contributed by atoms with Crippen molar-refractivity contribution >= 4 is 37.2 Å². The fraction of sp³-hybridized carbons (Fsp3) is 0. The third-order valence-corrected chi connectivity index (χ3v) is 8.49. The zero-order valence-corrected chi connectivity index (χ0v) is 11.0. The SMILES string of the molecule is O=C(O)C1=[CH][In]([c]2ccc(F)cc2)[N]=C1. The average molecular weight is 307 g/mol. The molecule has 1 N–H and O–H groups in total. The molecule has 0 amide bonds. The molecule has 2 rings (SSSR count). The summed E-state index contributed by atoms with van der Waals surface area (Å²) in [6, 6.07) is 6.15. The molecule has 0 aromatic heterocycles. The van der Waals surface area contributed by atoms with Crippen LogP contribution in [0.1, 0.15) is 0 Å². The third kappa shape index (κ3) is 2.28. The molecule has 0 saturated heterocycles. The van der Waals surface area contributed by atoms with Crippen LogP contribution in [0.4, 0.5) is 4.39 Å². The second kappa shape index (κ2) is 4.18. The van der Waals surface area contributed by atoms with Gasteiger partial charge in [-0.1, -0.05) is 0 Å². The van der Waals surface area contributed by atoms with Crippen LogP contribution in [0.2, 0.25) is 0 Å². The number of carbonyl (C=O) groups is 1. The van der Waals surface area contributed by atoms with Gasteiger partial charge in [-0.3, -0.25) is 0 Å². The summed E-state index contributed by atoms with van der Waals surface area (Å²) in [6.07, 6.45) is 1.41. The van der Waals surface area contributed by atoms with Crippen LogP contribution in [-0.2, 0) is 4.79 Å². The minimum atomic E-state index is -2.43. The van der Waals surface area contributed by atoms with Gasteiger partial charge in [0.25, 0.3) is 0 Å². The van der Waals surface area contributed by atoms with Gasteiger partial charge in [0.1, 0.15) is 0 Å². The van der Waals surface area contributed by atoms with E-state index in [1.54, 1.807) is 16.0 Å². The van der Waals surface area contributed by atoms with E-state index in [-0.39, 0.29) is 11.4 Å². The summed E-state index contributed by atoms with van der Waals surface area (Å²) in [4.78, 5) is 10.6. The summed E-state index contributed by atoms with van der Waals surface area (Å²) < 4.78 is 19.6. The zero-order valence-electron chi connectivity index (χ0n) is 7.72. The molecule has 0 spiro atoms. The molecule has 0 fully saturated rings. The van der Waals surface area contributed by atoms with Crippen LogP contribution in [0.25, 0.3) is 0 Å². The van der Waals surface area contributed by atoms with Crippen LogP contribution in [0.15, 0.2) is 36.7 Å². The van der Waals surface area contributed by atoms with E-state index in [9.17, 15) is 9.18 Å². The summed E-state index contributed by atoms with van der Waals surface area (Å²) in [7, 11) is 0. The van der Waals surface area contributed by atoms with Gasteiger partial charge in [0, 0.05) is 0 Å². The van der Waals surface area contributed by atoms with Gasteiger partial charge in [0.2, 0.25) is 0 Å². The predicted octanol–water partition coefficient (Wildman–Crippen LogP) is 0.659. The van der Waals surface area contributed by atoms with Crippen molar-refractivity contribution < 1.29 is 14.3 Å². The van der Waals surface area contributed by atoms with Crippen LogP contribution in [0, 0.1) is 5.82 Å². The first-order valence-electron chi connectivity index (χ1n) is 4.40. The van der Waals surface area contributed by atoms with Gasteiger partial charge in [0.05, 0.1) is 0 Å². The fourth-order valence-corrected chi connectivity index (χ4v) is 6.89. The van der Waals surface area contributed by atoms with Crippen molar-refractivity contribution in [1.82, 2.24) is 0 Å². The Balaban J connectivity index is 2.25. The molecule has 3 nitrogen and oxygen atoms in total. The standard InChI is InChI=1S/C6H4F.C4H3NO2.In/c7-6-4-2-1-3-5-6;1-3(2-5)4(6)7;/h2-5H;1-2H,(H,6,7);/q;-1;+1. The Kier molecular flexibility index (Phi) is 2.90. The number of rotatable bonds is 2. The van der Waals surface area contributed by atoms with Gasteiger partial charge in [-0.15, -0.1) is 0 Å². The molecular formula is C10H7FInNO2. The van der Waals surface area contributed by atoms with Gasteiger partial charge in [-0.25, -0.2) is 0 Å². The monoisotopic (exact) mass is 307 g/mol. The van der Waals surface area contributed by atoms with Gasteiger partial charge < -0.3 is 0 Å². The van der Waals surface area contributed by atoms with Crippen molar-refractivity contribution in [2.24, 2.45) is 2.98 Å². The molecule has 5 heteroatoms. The molecule has 74 valence electrons. The Bertz CT molecular complexity index is 453. The quantitative estimate of drug-likeness (QED) is 0.872. The van der Waals surface area contributed by atoms with Crippen LogP contribution in [0.5, 0.6) is 0 Å². The molecule has 0 unspecified atom stereocenters. The van der Waals surface area contributed by atoms with Crippen LogP contribution >= 0.6 is 0 Å². The Labute approximate surface area is 93.9 Å². The molecule has 0 radical (unpaired) electrons. The molecule has 0 bridgehead atoms. The molecule has 1 aliphatic rings. The summed E-state index contributed by atoms with van der Waals surface area (Å²) >= 11 is -2.43. The second-order valence-corrected chi connectivity index (χ2v) is 9.45. The van der Waals surface area contributed by atoms with Crippen LogP contribution in [-0.4, -0.2) is 39.0 Å². The number of nitrogens with zero attached hydrogens (tertiary/aromatic N) is 1. The Morgan fingerprint density at radius 1 is 1.33 bits per heavy atom. The normalized spacial score (nSPS) is 14.2. The van der Waals surface area contributed by atoms with Crippen LogP contribution < -0.4 is 3.32 Å². The van der Waals surface area contributed by atoms with E-state index >= 15 is 0 Å². The van der Waals surface area contributed by atoms with Crippen molar-refractivity contribution in [1.29, 1.82) is 0 Å². The number of aliphatic carboxylic acids is 1. The Morgan fingerprint density at radius 3 is 2.53 bits per heavy atom. The zero-order chi connectivity index (χ0) is 10.8. The number of carboxylic acids is 1. The number of hydrogen-bond donors (Lipinski definition) is 1. The topological polar surface area (TPSA) is 49.7 Å². The molecule has 0 atom stereocenters. The molecule has 0 aliphatic carbocycles. The molecule has 1 aliphatic heterocycles. The van der Waals surface area contributed by atoms with E-state index in [2.05, 4.69) is 2.98 Å². The molecule has 0 saturated carbocycles. The number of benzene rings is 1. The van der Waals surface area contributed by atoms with E-state index in [1.165, 1.54) is 18.3 Å². The fourth-order valence-electron chi connectivity index (χ4n) is 1.39. The maximum absolute atomic E-state index is 12.7. The average Bonchev–Trinajstić information content (AvgIpc) is 2.68. The van der Waals surface area contributed by atoms with E-state index in [1.807, 2.05) is 0 Å². The summed E-state index contributed by atoms with van der Waals surface area (Å²) in [5.74, 6) is -1.23. The third-order valence-electron chi connectivity index (χ3n) is 2.17. The molecule has 1 aromatic rings. The first kappa shape index (κ1) is 10.4. The first-order chi connectivity index (χ1) is 7.16. The summed E-state index contributed by atoms with van der Waals surface area (Å²) in [5, 5.41) is 8.74. The summed E-state index contributed by atoms with van der Waals surface area (Å²) in [6.45, 7) is 0. The molecule has 15 heavy (non-hydrogen) atoms. The molecule has 1 aromatic carbocycles. The minimum absolute atomic E-state index is 0.264. The molecule has 1 heterocycles. The Morgan fingerprint density at radius 2 is 2.00 bits per heavy atom. The van der Waals surface area contributed by atoms with Gasteiger partial charge in [0.15, 0.2) is 0 Å². The van der Waals surface area contributed by atoms with Gasteiger partial charge in [-0.05, 0) is 0 Å². The van der Waals surface area contributed by atoms with Crippen molar-refractivity contribution in [2.75, 3.05) is 0 Å². The van der Waals surface area contributed by atoms with Crippen molar-refractivity contribution in [3.63, 3.8) is 0 Å². The first-order valence-corrected chi connectivity index (χ1v) is 9.43.